The second-order valence-corrected chi connectivity index (χ2v) is 7.21. The van der Waals surface area contributed by atoms with Crippen molar-refractivity contribution in [2.24, 2.45) is 5.92 Å². The van der Waals surface area contributed by atoms with E-state index in [0.717, 1.165) is 19.3 Å². The molecule has 1 aliphatic rings. The van der Waals surface area contributed by atoms with Crippen LogP contribution in [-0.4, -0.2) is 33.9 Å². The summed E-state index contributed by atoms with van der Waals surface area (Å²) < 4.78 is 0. The third-order valence-electron chi connectivity index (χ3n) is 4.87. The van der Waals surface area contributed by atoms with E-state index in [9.17, 15) is 24.3 Å². The van der Waals surface area contributed by atoms with E-state index >= 15 is 0 Å². The summed E-state index contributed by atoms with van der Waals surface area (Å²) in [6.45, 7) is 2.21. The summed E-state index contributed by atoms with van der Waals surface area (Å²) in [6, 6.07) is 0. The van der Waals surface area contributed by atoms with Crippen molar-refractivity contribution in [2.75, 3.05) is 0 Å². The number of carbonyl (C=O) groups excluding carboxylic acids is 3. The van der Waals surface area contributed by atoms with Crippen molar-refractivity contribution < 1.29 is 29.1 Å². The van der Waals surface area contributed by atoms with Crippen LogP contribution in [-0.2, 0) is 24.0 Å². The molecule has 1 N–H and O–H groups in total. The SMILES string of the molecule is CCCCCCCCCCCCCC(C(=O)O)C(=O)ON1C(=O)CCC1=O. The quantitative estimate of drug-likeness (QED) is 0.261. The van der Waals surface area contributed by atoms with Gasteiger partial charge in [-0.3, -0.25) is 14.4 Å². The standard InChI is InChI=1S/C20H33NO6/c1-2-3-4-5-6-7-8-9-10-11-12-13-16(19(24)25)20(26)27-21-17(22)14-15-18(21)23/h16H,2-15H2,1H3,(H,24,25). The van der Waals surface area contributed by atoms with E-state index in [-0.39, 0.29) is 19.3 Å². The number of hydrogen-bond donors (Lipinski definition) is 1. The Morgan fingerprint density at radius 1 is 0.889 bits per heavy atom. The van der Waals surface area contributed by atoms with E-state index in [1.165, 1.54) is 44.9 Å². The molecule has 1 aliphatic heterocycles. The maximum absolute atomic E-state index is 12.0. The van der Waals surface area contributed by atoms with Crippen molar-refractivity contribution in [3.05, 3.63) is 0 Å². The molecule has 0 aromatic rings. The van der Waals surface area contributed by atoms with Crippen molar-refractivity contribution >= 4 is 23.8 Å². The number of hydroxylamine groups is 2. The minimum atomic E-state index is -1.34. The normalized spacial score (nSPS) is 15.2. The van der Waals surface area contributed by atoms with Crippen LogP contribution in [0.1, 0.15) is 96.8 Å². The molecule has 1 heterocycles. The van der Waals surface area contributed by atoms with Crippen LogP contribution < -0.4 is 0 Å². The lowest BCUT2D eigenvalue weighted by Gasteiger charge is -2.16. The molecule has 0 spiro atoms. The Morgan fingerprint density at radius 3 is 1.78 bits per heavy atom. The van der Waals surface area contributed by atoms with Crippen LogP contribution in [0.3, 0.4) is 0 Å². The molecule has 7 nitrogen and oxygen atoms in total. The maximum Gasteiger partial charge on any atom is 0.347 e. The molecule has 0 aliphatic carbocycles. The van der Waals surface area contributed by atoms with Gasteiger partial charge in [-0.15, -0.1) is 5.06 Å². The van der Waals surface area contributed by atoms with Crippen LogP contribution in [0.2, 0.25) is 0 Å². The highest BCUT2D eigenvalue weighted by Gasteiger charge is 2.36. The van der Waals surface area contributed by atoms with Gasteiger partial charge in [-0.05, 0) is 6.42 Å². The van der Waals surface area contributed by atoms with Crippen molar-refractivity contribution in [1.82, 2.24) is 5.06 Å². The van der Waals surface area contributed by atoms with Gasteiger partial charge in [-0.2, -0.15) is 0 Å². The summed E-state index contributed by atoms with van der Waals surface area (Å²) in [7, 11) is 0. The summed E-state index contributed by atoms with van der Waals surface area (Å²) in [5.41, 5.74) is 0. The molecule has 1 rings (SSSR count). The Kier molecular flexibility index (Phi) is 11.4. The third-order valence-corrected chi connectivity index (χ3v) is 4.87. The molecular weight excluding hydrogens is 350 g/mol. The highest BCUT2D eigenvalue weighted by molar-refractivity contribution is 6.02. The van der Waals surface area contributed by atoms with E-state index in [1.54, 1.807) is 0 Å². The average molecular weight is 383 g/mol. The predicted octanol–water partition coefficient (Wildman–Crippen LogP) is 4.00. The molecule has 1 unspecified atom stereocenters. The molecule has 0 radical (unpaired) electrons. The highest BCUT2D eigenvalue weighted by Crippen LogP contribution is 2.18. The Morgan fingerprint density at radius 2 is 1.33 bits per heavy atom. The Balaban J connectivity index is 2.16. The lowest BCUT2D eigenvalue weighted by atomic mass is 10.00. The van der Waals surface area contributed by atoms with Gasteiger partial charge in [-0.25, -0.2) is 4.79 Å². The van der Waals surface area contributed by atoms with Crippen molar-refractivity contribution in [3.8, 4) is 0 Å². The van der Waals surface area contributed by atoms with E-state index in [0.29, 0.717) is 11.5 Å². The smallest absolute Gasteiger partial charge is 0.347 e. The van der Waals surface area contributed by atoms with Gasteiger partial charge < -0.3 is 9.94 Å². The van der Waals surface area contributed by atoms with Crippen LogP contribution in [0, 0.1) is 5.92 Å². The average Bonchev–Trinajstić information content (AvgIpc) is 2.94. The van der Waals surface area contributed by atoms with Crippen LogP contribution >= 0.6 is 0 Å². The van der Waals surface area contributed by atoms with Crippen LogP contribution in [0.15, 0.2) is 0 Å². The highest BCUT2D eigenvalue weighted by atomic mass is 16.7. The van der Waals surface area contributed by atoms with Crippen molar-refractivity contribution in [2.45, 2.75) is 96.8 Å². The zero-order valence-electron chi connectivity index (χ0n) is 16.4. The molecule has 27 heavy (non-hydrogen) atoms. The Bertz CT molecular complexity index is 489. The fraction of sp³-hybridized carbons (Fsp3) is 0.800. The summed E-state index contributed by atoms with van der Waals surface area (Å²) in [4.78, 5) is 50.9. The molecule has 0 aromatic carbocycles. The number of amides is 2. The number of carboxylic acid groups (broad SMARTS) is 1. The monoisotopic (exact) mass is 383 g/mol. The first-order valence-electron chi connectivity index (χ1n) is 10.3. The zero-order valence-corrected chi connectivity index (χ0v) is 16.4. The molecule has 154 valence electrons. The summed E-state index contributed by atoms with van der Waals surface area (Å²) in [6.07, 6.45) is 12.6. The summed E-state index contributed by atoms with van der Waals surface area (Å²) >= 11 is 0. The first-order chi connectivity index (χ1) is 13.0. The largest absolute Gasteiger partial charge is 0.481 e. The van der Waals surface area contributed by atoms with Gasteiger partial charge >= 0.3 is 11.9 Å². The van der Waals surface area contributed by atoms with Gasteiger partial charge in [0.15, 0.2) is 5.92 Å². The molecular formula is C20H33NO6. The number of aliphatic carboxylic acids is 1. The summed E-state index contributed by atoms with van der Waals surface area (Å²) in [5.74, 6) is -4.88. The van der Waals surface area contributed by atoms with E-state index in [1.807, 2.05) is 0 Å². The van der Waals surface area contributed by atoms with E-state index in [2.05, 4.69) is 6.92 Å². The molecule has 1 fully saturated rings. The van der Waals surface area contributed by atoms with Crippen LogP contribution in [0.4, 0.5) is 0 Å². The number of imide groups is 1. The predicted molar refractivity (Wildman–Crippen MR) is 99.4 cm³/mol. The molecule has 2 amide bonds. The van der Waals surface area contributed by atoms with Crippen LogP contribution in [0.5, 0.6) is 0 Å². The minimum absolute atomic E-state index is 0.0115. The molecule has 0 aromatic heterocycles. The maximum atomic E-state index is 12.0. The van der Waals surface area contributed by atoms with E-state index < -0.39 is 29.7 Å². The minimum Gasteiger partial charge on any atom is -0.481 e. The fourth-order valence-electron chi connectivity index (χ4n) is 3.17. The lowest BCUT2D eigenvalue weighted by Crippen LogP contribution is -2.36. The van der Waals surface area contributed by atoms with Crippen LogP contribution in [0.25, 0.3) is 0 Å². The van der Waals surface area contributed by atoms with Gasteiger partial charge in [0.1, 0.15) is 0 Å². The molecule has 1 atom stereocenters. The topological polar surface area (TPSA) is 101 Å². The van der Waals surface area contributed by atoms with Gasteiger partial charge in [-0.1, -0.05) is 77.6 Å². The first kappa shape index (κ1) is 23.1. The number of carbonyl (C=O) groups is 4. The van der Waals surface area contributed by atoms with Gasteiger partial charge in [0.25, 0.3) is 11.8 Å². The number of hydrogen-bond acceptors (Lipinski definition) is 5. The fourth-order valence-corrected chi connectivity index (χ4v) is 3.17. The van der Waals surface area contributed by atoms with Gasteiger partial charge in [0.05, 0.1) is 0 Å². The zero-order chi connectivity index (χ0) is 20.1. The number of nitrogens with zero attached hydrogens (tertiary/aromatic N) is 1. The molecule has 1 saturated heterocycles. The molecule has 0 bridgehead atoms. The molecule has 7 heteroatoms. The summed E-state index contributed by atoms with van der Waals surface area (Å²) in [5, 5.41) is 9.62. The van der Waals surface area contributed by atoms with Gasteiger partial charge in [0, 0.05) is 12.8 Å². The first-order valence-corrected chi connectivity index (χ1v) is 10.3. The number of unbranched alkanes of at least 4 members (excludes halogenated alkanes) is 10. The van der Waals surface area contributed by atoms with Crippen molar-refractivity contribution in [1.29, 1.82) is 0 Å². The molecule has 0 saturated carbocycles. The Labute approximate surface area is 161 Å². The second-order valence-electron chi connectivity index (χ2n) is 7.21. The van der Waals surface area contributed by atoms with Crippen molar-refractivity contribution in [3.63, 3.8) is 0 Å². The lowest BCUT2D eigenvalue weighted by molar-refractivity contribution is -0.202. The van der Waals surface area contributed by atoms with E-state index in [4.69, 9.17) is 4.84 Å². The number of carboxylic acids is 1. The van der Waals surface area contributed by atoms with Gasteiger partial charge in [0.2, 0.25) is 0 Å². The second kappa shape index (κ2) is 13.3. The number of rotatable bonds is 15. The third kappa shape index (κ3) is 9.02. The Hall–Kier alpha value is -1.92.